The van der Waals surface area contributed by atoms with Gasteiger partial charge in [0.2, 0.25) is 5.78 Å². The molecule has 0 radical (unpaired) electrons. The number of carboxylic acids is 1. The van der Waals surface area contributed by atoms with Gasteiger partial charge in [0.25, 0.3) is 0 Å². The topological polar surface area (TPSA) is 59.3 Å². The zero-order chi connectivity index (χ0) is 18.8. The Bertz CT molecular complexity index is 1130. The molecule has 0 aliphatic heterocycles. The second kappa shape index (κ2) is 6.92. The molecule has 132 valence electrons. The van der Waals surface area contributed by atoms with Crippen LogP contribution in [-0.4, -0.2) is 21.4 Å². The van der Waals surface area contributed by atoms with Crippen molar-refractivity contribution in [3.05, 3.63) is 107 Å². The number of nitrogens with zero attached hydrogens (tertiary/aromatic N) is 1. The predicted octanol–water partition coefficient (Wildman–Crippen LogP) is 4.62. The molecule has 3 aromatic carbocycles. The van der Waals surface area contributed by atoms with Crippen LogP contribution in [0.4, 0.5) is 0 Å². The number of para-hydroxylation sites is 1. The molecule has 0 saturated heterocycles. The summed E-state index contributed by atoms with van der Waals surface area (Å²) in [4.78, 5) is 25.3. The van der Waals surface area contributed by atoms with Crippen molar-refractivity contribution in [3.63, 3.8) is 0 Å². The minimum absolute atomic E-state index is 0.0513. The van der Waals surface area contributed by atoms with Crippen molar-refractivity contribution in [1.29, 1.82) is 0 Å². The Hall–Kier alpha value is -3.66. The van der Waals surface area contributed by atoms with E-state index >= 15 is 0 Å². The molecule has 0 spiro atoms. The summed E-state index contributed by atoms with van der Waals surface area (Å²) in [5.74, 6) is -1.39. The zero-order valence-electron chi connectivity index (χ0n) is 14.5. The van der Waals surface area contributed by atoms with Crippen molar-refractivity contribution in [3.8, 4) is 0 Å². The van der Waals surface area contributed by atoms with Gasteiger partial charge in [-0.05, 0) is 11.6 Å². The lowest BCUT2D eigenvalue weighted by molar-refractivity contribution is 0.0694. The van der Waals surface area contributed by atoms with Gasteiger partial charge in [0.05, 0.1) is 5.56 Å². The Morgan fingerprint density at radius 1 is 0.778 bits per heavy atom. The Morgan fingerprint density at radius 3 is 2.04 bits per heavy atom. The van der Waals surface area contributed by atoms with E-state index in [0.29, 0.717) is 17.5 Å². The van der Waals surface area contributed by atoms with E-state index in [2.05, 4.69) is 0 Å². The Balaban J connectivity index is 2.00. The highest BCUT2D eigenvalue weighted by atomic mass is 16.4. The van der Waals surface area contributed by atoms with Gasteiger partial charge in [0.15, 0.2) is 0 Å². The molecule has 0 amide bonds. The van der Waals surface area contributed by atoms with Crippen molar-refractivity contribution in [1.82, 2.24) is 4.57 Å². The van der Waals surface area contributed by atoms with Crippen LogP contribution < -0.4 is 0 Å². The normalized spacial score (nSPS) is 10.8. The maximum Gasteiger partial charge on any atom is 0.338 e. The summed E-state index contributed by atoms with van der Waals surface area (Å²) in [5.41, 5.74) is 2.46. The van der Waals surface area contributed by atoms with Gasteiger partial charge in [-0.1, -0.05) is 78.9 Å². The van der Waals surface area contributed by atoms with Gasteiger partial charge in [-0.15, -0.1) is 0 Å². The van der Waals surface area contributed by atoms with Crippen molar-refractivity contribution < 1.29 is 14.7 Å². The van der Waals surface area contributed by atoms with E-state index in [-0.39, 0.29) is 17.0 Å². The molecule has 0 fully saturated rings. The van der Waals surface area contributed by atoms with E-state index < -0.39 is 5.97 Å². The molecule has 1 aromatic heterocycles. The summed E-state index contributed by atoms with van der Waals surface area (Å²) >= 11 is 0. The summed E-state index contributed by atoms with van der Waals surface area (Å²) < 4.78 is 1.81. The number of ketones is 1. The number of aromatic nitrogens is 1. The molecular weight excluding hydrogens is 338 g/mol. The first kappa shape index (κ1) is 16.8. The molecule has 0 unspecified atom stereocenters. The standard InChI is InChI=1S/C23H17NO3/c25-22(17-11-5-2-6-12-17)21-20(23(26)27)18-13-7-8-14-19(18)24(21)15-16-9-3-1-4-10-16/h1-14H,15H2,(H,26,27). The molecule has 1 heterocycles. The third-order valence-corrected chi connectivity index (χ3v) is 4.62. The van der Waals surface area contributed by atoms with E-state index in [4.69, 9.17) is 0 Å². The molecule has 4 rings (SSSR count). The number of carbonyl (C=O) groups excluding carboxylic acids is 1. The minimum atomic E-state index is -1.10. The summed E-state index contributed by atoms with van der Waals surface area (Å²) in [6, 6.07) is 25.8. The van der Waals surface area contributed by atoms with Crippen molar-refractivity contribution in [2.75, 3.05) is 0 Å². The molecule has 0 atom stereocenters. The van der Waals surface area contributed by atoms with Crippen LogP contribution in [-0.2, 0) is 6.54 Å². The minimum Gasteiger partial charge on any atom is -0.478 e. The van der Waals surface area contributed by atoms with Crippen LogP contribution in [0.3, 0.4) is 0 Å². The Kier molecular flexibility index (Phi) is 4.30. The van der Waals surface area contributed by atoms with E-state index in [1.54, 1.807) is 36.4 Å². The molecule has 4 heteroatoms. The van der Waals surface area contributed by atoms with E-state index in [1.807, 2.05) is 53.1 Å². The Morgan fingerprint density at radius 2 is 1.37 bits per heavy atom. The molecule has 1 N–H and O–H groups in total. The molecule has 27 heavy (non-hydrogen) atoms. The van der Waals surface area contributed by atoms with Crippen LogP contribution >= 0.6 is 0 Å². The number of carbonyl (C=O) groups is 2. The summed E-state index contributed by atoms with van der Waals surface area (Å²) in [6.45, 7) is 0.419. The van der Waals surface area contributed by atoms with Gasteiger partial charge >= 0.3 is 5.97 Å². The van der Waals surface area contributed by atoms with Crippen molar-refractivity contribution in [2.45, 2.75) is 6.54 Å². The van der Waals surface area contributed by atoms with Crippen LogP contribution in [0.5, 0.6) is 0 Å². The third kappa shape index (κ3) is 3.02. The summed E-state index contributed by atoms with van der Waals surface area (Å²) in [6.07, 6.45) is 0. The molecule has 4 aromatic rings. The summed E-state index contributed by atoms with van der Waals surface area (Å²) in [7, 11) is 0. The van der Waals surface area contributed by atoms with E-state index in [1.165, 1.54) is 0 Å². The smallest absolute Gasteiger partial charge is 0.338 e. The third-order valence-electron chi connectivity index (χ3n) is 4.62. The SMILES string of the molecule is O=C(O)c1c(C(=O)c2ccccc2)n(Cc2ccccc2)c2ccccc12. The molecule has 0 aliphatic carbocycles. The molecule has 0 saturated carbocycles. The highest BCUT2D eigenvalue weighted by molar-refractivity contribution is 6.19. The second-order valence-corrected chi connectivity index (χ2v) is 6.31. The lowest BCUT2D eigenvalue weighted by atomic mass is 10.0. The lowest BCUT2D eigenvalue weighted by Crippen LogP contribution is -2.15. The number of benzene rings is 3. The quantitative estimate of drug-likeness (QED) is 0.532. The fourth-order valence-electron chi connectivity index (χ4n) is 3.41. The fraction of sp³-hybridized carbons (Fsp3) is 0.0435. The van der Waals surface area contributed by atoms with Crippen molar-refractivity contribution in [2.24, 2.45) is 0 Å². The summed E-state index contributed by atoms with van der Waals surface area (Å²) in [5, 5.41) is 10.4. The molecule has 0 bridgehead atoms. The molecular formula is C23H17NO3. The number of aromatic carboxylic acids is 1. The number of rotatable bonds is 5. The Labute approximate surface area is 156 Å². The highest BCUT2D eigenvalue weighted by Gasteiger charge is 2.27. The molecule has 0 aliphatic rings. The van der Waals surface area contributed by atoms with E-state index in [9.17, 15) is 14.7 Å². The maximum absolute atomic E-state index is 13.3. The van der Waals surface area contributed by atoms with Gasteiger partial charge in [0, 0.05) is 23.0 Å². The zero-order valence-corrected chi connectivity index (χ0v) is 14.5. The molecule has 4 nitrogen and oxygen atoms in total. The number of carboxylic acid groups (broad SMARTS) is 1. The average molecular weight is 355 g/mol. The first-order chi connectivity index (χ1) is 13.2. The van der Waals surface area contributed by atoms with Gasteiger partial charge in [-0.2, -0.15) is 0 Å². The van der Waals surface area contributed by atoms with Crippen molar-refractivity contribution >= 4 is 22.7 Å². The average Bonchev–Trinajstić information content (AvgIpc) is 3.03. The maximum atomic E-state index is 13.3. The van der Waals surface area contributed by atoms with Gasteiger partial charge < -0.3 is 9.67 Å². The van der Waals surface area contributed by atoms with E-state index in [0.717, 1.165) is 11.1 Å². The van der Waals surface area contributed by atoms with Gasteiger partial charge in [-0.3, -0.25) is 4.79 Å². The second-order valence-electron chi connectivity index (χ2n) is 6.31. The number of hydrogen-bond donors (Lipinski definition) is 1. The number of fused-ring (bicyclic) bond motifs is 1. The first-order valence-electron chi connectivity index (χ1n) is 8.65. The van der Waals surface area contributed by atoms with Gasteiger partial charge in [0.1, 0.15) is 5.69 Å². The number of hydrogen-bond acceptors (Lipinski definition) is 2. The van der Waals surface area contributed by atoms with Crippen LogP contribution in [0.15, 0.2) is 84.9 Å². The predicted molar refractivity (Wildman–Crippen MR) is 104 cm³/mol. The van der Waals surface area contributed by atoms with Crippen LogP contribution in [0.2, 0.25) is 0 Å². The van der Waals surface area contributed by atoms with Crippen LogP contribution in [0.25, 0.3) is 10.9 Å². The lowest BCUT2D eigenvalue weighted by Gasteiger charge is -2.11. The van der Waals surface area contributed by atoms with Crippen LogP contribution in [0.1, 0.15) is 32.0 Å². The largest absolute Gasteiger partial charge is 0.478 e. The first-order valence-corrected chi connectivity index (χ1v) is 8.65. The van der Waals surface area contributed by atoms with Gasteiger partial charge in [-0.25, -0.2) is 4.79 Å². The fourth-order valence-corrected chi connectivity index (χ4v) is 3.41. The monoisotopic (exact) mass is 355 g/mol. The van der Waals surface area contributed by atoms with Crippen LogP contribution in [0, 0.1) is 0 Å². The highest BCUT2D eigenvalue weighted by Crippen LogP contribution is 2.29.